The van der Waals surface area contributed by atoms with Crippen molar-refractivity contribution in [2.24, 2.45) is 0 Å². The van der Waals surface area contributed by atoms with Crippen LogP contribution in [0.3, 0.4) is 0 Å². The van der Waals surface area contributed by atoms with Gasteiger partial charge in [-0.25, -0.2) is 24.0 Å². The fraction of sp³-hybridized carbons (Fsp3) is 0.0625. The minimum absolute atomic E-state index is 0.0626. The Hall–Kier alpha value is -3.31. The van der Waals surface area contributed by atoms with Gasteiger partial charge in [-0.1, -0.05) is 0 Å². The second kappa shape index (κ2) is 16.0. The molecule has 0 amide bonds. The molecule has 276 valence electrons. The molecule has 54 heavy (non-hydrogen) atoms. The number of methoxy groups -OCH3 is 1. The van der Waals surface area contributed by atoms with Gasteiger partial charge in [0.15, 0.2) is 32.4 Å². The van der Waals surface area contributed by atoms with Crippen molar-refractivity contribution >= 4 is 178 Å². The highest BCUT2D eigenvalue weighted by Gasteiger charge is 2.27. The van der Waals surface area contributed by atoms with Crippen molar-refractivity contribution in [1.29, 1.82) is 0 Å². The van der Waals surface area contributed by atoms with Crippen LogP contribution in [0.25, 0.3) is 66.9 Å². The molecule has 0 saturated carbocycles. The Balaban J connectivity index is 0.000000173. The van der Waals surface area contributed by atoms with E-state index >= 15 is 0 Å². The van der Waals surface area contributed by atoms with Crippen molar-refractivity contribution in [3.05, 3.63) is 101 Å². The van der Waals surface area contributed by atoms with E-state index in [-0.39, 0.29) is 57.3 Å². The van der Waals surface area contributed by atoms with Gasteiger partial charge in [0.2, 0.25) is 28.1 Å². The van der Waals surface area contributed by atoms with Crippen LogP contribution < -0.4 is 22.5 Å². The van der Waals surface area contributed by atoms with Crippen molar-refractivity contribution < 1.29 is 54.5 Å². The van der Waals surface area contributed by atoms with Crippen molar-refractivity contribution in [2.45, 2.75) is 6.92 Å². The first-order valence-electron chi connectivity index (χ1n) is 14.0. The van der Waals surface area contributed by atoms with Gasteiger partial charge in [0.25, 0.3) is 0 Å². The van der Waals surface area contributed by atoms with Gasteiger partial charge < -0.3 is 40.1 Å². The van der Waals surface area contributed by atoms with Crippen molar-refractivity contribution in [1.82, 2.24) is 0 Å². The van der Waals surface area contributed by atoms with Gasteiger partial charge >= 0.3 is 34.6 Å². The van der Waals surface area contributed by atoms with Crippen LogP contribution in [0, 0.1) is 21.2 Å². The molecule has 0 aliphatic rings. The Kier molecular flexibility index (Phi) is 12.0. The van der Waals surface area contributed by atoms with Gasteiger partial charge in [0, 0.05) is 39.7 Å². The third-order valence-electron chi connectivity index (χ3n) is 7.05. The molecule has 0 aliphatic carbocycles. The van der Waals surface area contributed by atoms with E-state index in [2.05, 4.69) is 36.6 Å². The molecule has 0 saturated heterocycles. The number of aryl methyl sites for hydroxylation is 1. The van der Waals surface area contributed by atoms with E-state index in [1.54, 1.807) is 25.1 Å². The summed E-state index contributed by atoms with van der Waals surface area (Å²) in [5.74, 6) is 0.192. The first-order valence-corrected chi connectivity index (χ1v) is 19.9. The van der Waals surface area contributed by atoms with Crippen LogP contribution in [0.4, 0.5) is 0 Å². The number of halogens is 6. The summed E-state index contributed by atoms with van der Waals surface area (Å²) >= 11 is 14.3. The predicted octanol–water partition coefficient (Wildman–Crippen LogP) is 8.96. The van der Waals surface area contributed by atoms with E-state index in [0.29, 0.717) is 50.9 Å². The molecule has 0 N–H and O–H groups in total. The molecule has 0 fully saturated rings. The molecule has 0 aliphatic heterocycles. The van der Waals surface area contributed by atoms with E-state index in [1.165, 1.54) is 13.2 Å². The number of hydrogen-bond acceptors (Lipinski definition) is 16. The Morgan fingerprint density at radius 2 is 0.870 bits per heavy atom. The zero-order valence-corrected chi connectivity index (χ0v) is 37.9. The SMILES string of the molecule is COC(=O)c1cc2c(I)c(-c3oc(=O)c4oc(C)cc4c3I)oc(=O)c2o1.O=C=O.O=c1oc(-c2oc(=O)c3oc(Br)cc3c2I)c(I)c2cc(Br)oc12. The standard InChI is InChI=1S/C17H8I2O8.C14H2Br2I2O6.CO2/c1-5-3-6-9(18)13(26-16(21)11(6)24-5)14-10(19)7-4-8(15(20)23-2)25-12(7)17(22)27-14;15-5-1-3-7(17)11(23-13(19)9(3)21-5)12-8(18)4-2-6(16)22-10(4)14(20)24-12;2-1-3/h3-4H,1-2H3;1-2H;. The topological polar surface area (TPSA) is 234 Å². The summed E-state index contributed by atoms with van der Waals surface area (Å²) in [6.45, 7) is 1.71. The monoisotopic (exact) mass is 1320 g/mol. The first-order chi connectivity index (χ1) is 25.6. The second-order valence-corrected chi connectivity index (χ2v) is 16.1. The number of carbonyl (C=O) groups is 1. The number of hydrogen-bond donors (Lipinski definition) is 0. The average Bonchev–Trinajstić information content (AvgIpc) is 3.93. The second-order valence-electron chi connectivity index (χ2n) is 10.2. The molecule has 0 unspecified atom stereocenters. The molecule has 8 aromatic heterocycles. The van der Waals surface area contributed by atoms with Gasteiger partial charge in [-0.2, -0.15) is 9.59 Å². The fourth-order valence-electron chi connectivity index (χ4n) is 4.90. The summed E-state index contributed by atoms with van der Waals surface area (Å²) in [6.07, 6.45) is 0.250. The molecular formula is C32H10Br2I4O16. The van der Waals surface area contributed by atoms with Gasteiger partial charge in [0.05, 0.1) is 21.4 Å². The van der Waals surface area contributed by atoms with Gasteiger partial charge in [-0.15, -0.1) is 0 Å². The molecule has 22 heteroatoms. The van der Waals surface area contributed by atoms with E-state index in [0.717, 1.165) is 0 Å². The van der Waals surface area contributed by atoms with Crippen LogP contribution in [0.5, 0.6) is 0 Å². The quantitative estimate of drug-likeness (QED) is 0.119. The highest BCUT2D eigenvalue weighted by atomic mass is 127. The summed E-state index contributed by atoms with van der Waals surface area (Å²) in [4.78, 5) is 76.9. The number of rotatable bonds is 3. The van der Waals surface area contributed by atoms with Crippen LogP contribution in [0.1, 0.15) is 16.3 Å². The minimum Gasteiger partial charge on any atom is -0.463 e. The lowest BCUT2D eigenvalue weighted by atomic mass is 10.2. The number of esters is 1. The average molecular weight is 1320 g/mol. The molecule has 0 spiro atoms. The molecule has 0 aromatic carbocycles. The summed E-state index contributed by atoms with van der Waals surface area (Å²) < 4.78 is 50.2. The maximum Gasteiger partial charge on any atom is 0.380 e. The fourth-order valence-corrected chi connectivity index (χ4v) is 8.70. The van der Waals surface area contributed by atoms with Crippen molar-refractivity contribution in [3.8, 4) is 23.0 Å². The van der Waals surface area contributed by atoms with E-state index in [1.807, 2.05) is 90.4 Å². The third kappa shape index (κ3) is 7.36. The molecule has 0 radical (unpaired) electrons. The number of carbonyl (C=O) groups excluding carboxylic acids is 3. The van der Waals surface area contributed by atoms with Crippen molar-refractivity contribution in [3.63, 3.8) is 0 Å². The predicted molar refractivity (Wildman–Crippen MR) is 224 cm³/mol. The van der Waals surface area contributed by atoms with E-state index in [4.69, 9.17) is 44.9 Å². The molecule has 0 atom stereocenters. The van der Waals surface area contributed by atoms with Crippen LogP contribution in [-0.4, -0.2) is 19.2 Å². The van der Waals surface area contributed by atoms with Gasteiger partial charge in [0.1, 0.15) is 5.76 Å². The van der Waals surface area contributed by atoms with Gasteiger partial charge in [-0.3, -0.25) is 0 Å². The van der Waals surface area contributed by atoms with Crippen LogP contribution >= 0.6 is 122 Å². The summed E-state index contributed by atoms with van der Waals surface area (Å²) in [7, 11) is 1.20. The van der Waals surface area contributed by atoms with Crippen LogP contribution in [-0.2, 0) is 14.3 Å². The Morgan fingerprint density at radius 1 is 0.556 bits per heavy atom. The number of ether oxygens (including phenoxy) is 1. The summed E-state index contributed by atoms with van der Waals surface area (Å²) in [5.41, 5.74) is -2.64. The van der Waals surface area contributed by atoms with Gasteiger partial charge in [-0.05, 0) is 135 Å². The maximum atomic E-state index is 12.4. The lowest BCUT2D eigenvalue weighted by molar-refractivity contribution is -0.191. The molecule has 8 aromatic rings. The lowest BCUT2D eigenvalue weighted by Gasteiger charge is -2.05. The van der Waals surface area contributed by atoms with Crippen molar-refractivity contribution in [2.75, 3.05) is 7.11 Å². The third-order valence-corrected chi connectivity index (χ3v) is 12.1. The highest BCUT2D eigenvalue weighted by molar-refractivity contribution is 14.1. The largest absolute Gasteiger partial charge is 0.463 e. The number of furan rings is 4. The molecule has 8 rings (SSSR count). The lowest BCUT2D eigenvalue weighted by Crippen LogP contribution is -2.05. The first kappa shape index (κ1) is 40.4. The zero-order valence-electron chi connectivity index (χ0n) is 26.1. The molecule has 8 heterocycles. The normalized spacial score (nSPS) is 11.0. The van der Waals surface area contributed by atoms with E-state index in [9.17, 15) is 24.0 Å². The Labute approximate surface area is 366 Å². The minimum atomic E-state index is -0.808. The summed E-state index contributed by atoms with van der Waals surface area (Å²) in [5, 5.41) is 2.05. The Morgan fingerprint density at radius 3 is 1.24 bits per heavy atom. The molecular weight excluding hydrogens is 1310 g/mol. The Bertz CT molecular complexity index is 3010. The van der Waals surface area contributed by atoms with Crippen LogP contribution in [0.2, 0.25) is 0 Å². The molecule has 16 nitrogen and oxygen atoms in total. The smallest absolute Gasteiger partial charge is 0.380 e. The number of fused-ring (bicyclic) bond motifs is 4. The maximum absolute atomic E-state index is 12.4. The zero-order chi connectivity index (χ0) is 39.3. The van der Waals surface area contributed by atoms with E-state index < -0.39 is 28.5 Å². The van der Waals surface area contributed by atoms with Crippen LogP contribution in [0.15, 0.2) is 88.1 Å². The molecule has 0 bridgehead atoms. The highest BCUT2D eigenvalue weighted by Crippen LogP contribution is 2.38. The summed E-state index contributed by atoms with van der Waals surface area (Å²) in [6, 6.07) is 6.41.